The molecule has 0 spiro atoms. The van der Waals surface area contributed by atoms with Gasteiger partial charge in [-0.25, -0.2) is 0 Å². The van der Waals surface area contributed by atoms with E-state index in [0.717, 1.165) is 32.1 Å². The predicted molar refractivity (Wildman–Crippen MR) is 97.1 cm³/mol. The van der Waals surface area contributed by atoms with Gasteiger partial charge in [-0.1, -0.05) is 0 Å². The van der Waals surface area contributed by atoms with E-state index in [0.29, 0.717) is 6.61 Å². The van der Waals surface area contributed by atoms with Gasteiger partial charge < -0.3 is 14.2 Å². The van der Waals surface area contributed by atoms with Crippen molar-refractivity contribution in [2.45, 2.75) is 6.92 Å². The second-order valence-electron chi connectivity index (χ2n) is 4.42. The molecule has 5 heteroatoms. The molecule has 116 valence electrons. The van der Waals surface area contributed by atoms with Crippen LogP contribution in [0.15, 0.2) is 41.4 Å². The Morgan fingerprint density at radius 1 is 1.09 bits per heavy atom. The fourth-order valence-corrected chi connectivity index (χ4v) is 2.79. The molecule has 0 N–H and O–H groups in total. The number of nitrogens with zero attached hydrogens (tertiary/aromatic N) is 1. The summed E-state index contributed by atoms with van der Waals surface area (Å²) in [5.41, 5.74) is 1.83. The van der Waals surface area contributed by atoms with Gasteiger partial charge in [0.1, 0.15) is 5.75 Å². The van der Waals surface area contributed by atoms with E-state index in [-0.39, 0.29) is 0 Å². The average Bonchev–Trinajstić information content (AvgIpc) is 2.53. The van der Waals surface area contributed by atoms with E-state index in [4.69, 9.17) is 14.2 Å². The fraction of sp³-hybridized carbons (Fsp3) is 0.235. The van der Waals surface area contributed by atoms with E-state index in [1.54, 1.807) is 14.2 Å². The summed E-state index contributed by atoms with van der Waals surface area (Å²) in [6.45, 7) is 2.54. The second-order valence-corrected chi connectivity index (χ2v) is 5.59. The van der Waals surface area contributed by atoms with Crippen molar-refractivity contribution in [1.29, 1.82) is 0 Å². The Bertz CT molecular complexity index is 654. The Balaban J connectivity index is 2.26. The molecule has 0 aliphatic carbocycles. The number of methoxy groups -OCH3 is 2. The number of halogens is 1. The van der Waals surface area contributed by atoms with Crippen LogP contribution in [0.4, 0.5) is 5.69 Å². The second kappa shape index (κ2) is 8.03. The summed E-state index contributed by atoms with van der Waals surface area (Å²) in [6.07, 6.45) is 1.81. The highest BCUT2D eigenvalue weighted by Gasteiger charge is 2.10. The summed E-state index contributed by atoms with van der Waals surface area (Å²) >= 11 is 2.23. The first-order chi connectivity index (χ1) is 10.7. The molecular formula is C17H18INO3. The molecule has 0 bridgehead atoms. The highest BCUT2D eigenvalue weighted by atomic mass is 127. The lowest BCUT2D eigenvalue weighted by Crippen LogP contribution is -1.98. The molecule has 2 aromatic carbocycles. The smallest absolute Gasteiger partial charge is 0.174 e. The fourth-order valence-electron chi connectivity index (χ4n) is 1.94. The normalized spacial score (nSPS) is 10.7. The van der Waals surface area contributed by atoms with Crippen molar-refractivity contribution in [1.82, 2.24) is 0 Å². The van der Waals surface area contributed by atoms with Crippen LogP contribution in [0.1, 0.15) is 12.5 Å². The minimum Gasteiger partial charge on any atom is -0.497 e. The summed E-state index contributed by atoms with van der Waals surface area (Å²) in [7, 11) is 3.29. The molecule has 0 unspecified atom stereocenters. The van der Waals surface area contributed by atoms with Crippen LogP contribution in [0.25, 0.3) is 0 Å². The molecule has 4 nitrogen and oxygen atoms in total. The molecule has 0 saturated carbocycles. The van der Waals surface area contributed by atoms with E-state index < -0.39 is 0 Å². The maximum Gasteiger partial charge on any atom is 0.174 e. The number of rotatable bonds is 6. The highest BCUT2D eigenvalue weighted by Crippen LogP contribution is 2.33. The minimum atomic E-state index is 0.589. The van der Waals surface area contributed by atoms with Crippen LogP contribution in [0, 0.1) is 3.57 Å². The van der Waals surface area contributed by atoms with Crippen LogP contribution in [0.5, 0.6) is 17.2 Å². The Morgan fingerprint density at radius 3 is 2.41 bits per heavy atom. The van der Waals surface area contributed by atoms with Gasteiger partial charge in [-0.05, 0) is 71.5 Å². The first-order valence-corrected chi connectivity index (χ1v) is 7.94. The summed E-state index contributed by atoms with van der Waals surface area (Å²) in [6, 6.07) is 11.5. The molecule has 22 heavy (non-hydrogen) atoms. The van der Waals surface area contributed by atoms with Crippen LogP contribution in [0.3, 0.4) is 0 Å². The lowest BCUT2D eigenvalue weighted by molar-refractivity contribution is 0.309. The first kappa shape index (κ1) is 16.6. The van der Waals surface area contributed by atoms with Crippen molar-refractivity contribution >= 4 is 34.5 Å². The van der Waals surface area contributed by atoms with Gasteiger partial charge in [-0.2, -0.15) is 0 Å². The molecule has 2 aromatic rings. The molecule has 0 aliphatic heterocycles. The van der Waals surface area contributed by atoms with Crippen molar-refractivity contribution in [2.24, 2.45) is 4.99 Å². The van der Waals surface area contributed by atoms with Crippen LogP contribution >= 0.6 is 22.6 Å². The van der Waals surface area contributed by atoms with E-state index in [9.17, 15) is 0 Å². The minimum absolute atomic E-state index is 0.589. The monoisotopic (exact) mass is 411 g/mol. The maximum atomic E-state index is 5.62. The average molecular weight is 411 g/mol. The van der Waals surface area contributed by atoms with Crippen LogP contribution in [-0.4, -0.2) is 27.0 Å². The van der Waals surface area contributed by atoms with Crippen molar-refractivity contribution < 1.29 is 14.2 Å². The maximum absolute atomic E-state index is 5.62. The molecule has 2 rings (SSSR count). The zero-order valence-electron chi connectivity index (χ0n) is 12.8. The third kappa shape index (κ3) is 4.13. The van der Waals surface area contributed by atoms with Crippen LogP contribution in [0.2, 0.25) is 0 Å². The Labute approximate surface area is 144 Å². The number of hydrogen-bond donors (Lipinski definition) is 0. The van der Waals surface area contributed by atoms with Gasteiger partial charge in [-0.3, -0.25) is 4.99 Å². The van der Waals surface area contributed by atoms with Crippen LogP contribution < -0.4 is 14.2 Å². The van der Waals surface area contributed by atoms with Gasteiger partial charge in [0.25, 0.3) is 0 Å². The molecule has 0 heterocycles. The largest absolute Gasteiger partial charge is 0.497 e. The van der Waals surface area contributed by atoms with E-state index in [1.807, 2.05) is 49.5 Å². The van der Waals surface area contributed by atoms with Gasteiger partial charge in [0.15, 0.2) is 11.5 Å². The Kier molecular flexibility index (Phi) is 6.06. The third-order valence-corrected chi connectivity index (χ3v) is 3.77. The summed E-state index contributed by atoms with van der Waals surface area (Å²) in [4.78, 5) is 4.47. The van der Waals surface area contributed by atoms with Gasteiger partial charge in [-0.15, -0.1) is 0 Å². The molecule has 0 atom stereocenters. The Hall–Kier alpha value is -1.76. The third-order valence-electron chi connectivity index (χ3n) is 2.97. The van der Waals surface area contributed by atoms with E-state index >= 15 is 0 Å². The van der Waals surface area contributed by atoms with Gasteiger partial charge >= 0.3 is 0 Å². The van der Waals surface area contributed by atoms with E-state index in [1.165, 1.54) is 0 Å². The summed E-state index contributed by atoms with van der Waals surface area (Å²) in [5.74, 6) is 2.30. The molecule has 0 aromatic heterocycles. The number of benzene rings is 2. The molecule has 0 fully saturated rings. The molecule has 0 radical (unpaired) electrons. The van der Waals surface area contributed by atoms with Crippen molar-refractivity contribution in [3.63, 3.8) is 0 Å². The predicted octanol–water partition coefficient (Wildman–Crippen LogP) is 4.46. The van der Waals surface area contributed by atoms with Crippen molar-refractivity contribution in [2.75, 3.05) is 20.8 Å². The van der Waals surface area contributed by atoms with Gasteiger partial charge in [0, 0.05) is 6.21 Å². The zero-order valence-corrected chi connectivity index (χ0v) is 15.0. The first-order valence-electron chi connectivity index (χ1n) is 6.86. The SMILES string of the molecule is CCOc1cc(C=Nc2ccc(OC)cc2)cc(I)c1OC. The topological polar surface area (TPSA) is 40.0 Å². The highest BCUT2D eigenvalue weighted by molar-refractivity contribution is 14.1. The summed E-state index contributed by atoms with van der Waals surface area (Å²) < 4.78 is 17.1. The lowest BCUT2D eigenvalue weighted by atomic mass is 10.2. The Morgan fingerprint density at radius 2 is 1.82 bits per heavy atom. The molecule has 0 saturated heterocycles. The van der Waals surface area contributed by atoms with Gasteiger partial charge in [0.2, 0.25) is 0 Å². The molecule has 0 aliphatic rings. The number of aliphatic imine (C=N–C) groups is 1. The lowest BCUT2D eigenvalue weighted by Gasteiger charge is -2.11. The quantitative estimate of drug-likeness (QED) is 0.521. The van der Waals surface area contributed by atoms with Crippen molar-refractivity contribution in [3.8, 4) is 17.2 Å². The van der Waals surface area contributed by atoms with Gasteiger partial charge in [0.05, 0.1) is 30.1 Å². The molecular weight excluding hydrogens is 393 g/mol. The number of ether oxygens (including phenoxy) is 3. The van der Waals surface area contributed by atoms with Crippen molar-refractivity contribution in [3.05, 3.63) is 45.5 Å². The van der Waals surface area contributed by atoms with Crippen LogP contribution in [-0.2, 0) is 0 Å². The van der Waals surface area contributed by atoms with E-state index in [2.05, 4.69) is 27.6 Å². The standard InChI is InChI=1S/C17H18INO3/c1-4-22-16-10-12(9-15(18)17(16)21-3)11-19-13-5-7-14(20-2)8-6-13/h5-11H,4H2,1-3H3. The number of hydrogen-bond acceptors (Lipinski definition) is 4. The zero-order chi connectivity index (χ0) is 15.9. The molecule has 0 amide bonds. The summed E-state index contributed by atoms with van der Waals surface area (Å²) in [5, 5.41) is 0.